The largest absolute Gasteiger partial charge is 0.299 e. The SMILES string of the molecule is C=C(C)[C@@H]1C[C@H]2C3C[C@@H]1C(=O)[C@]32C. The van der Waals surface area contributed by atoms with Crippen LogP contribution in [0.15, 0.2) is 12.2 Å². The van der Waals surface area contributed by atoms with Crippen molar-refractivity contribution in [1.82, 2.24) is 0 Å². The van der Waals surface area contributed by atoms with Crippen molar-refractivity contribution in [2.75, 3.05) is 0 Å². The van der Waals surface area contributed by atoms with Gasteiger partial charge in [0.25, 0.3) is 0 Å². The van der Waals surface area contributed by atoms with Gasteiger partial charge in [-0.2, -0.15) is 0 Å². The molecular formula is C12H16O. The van der Waals surface area contributed by atoms with Crippen LogP contribution in [0.25, 0.3) is 0 Å². The fourth-order valence-corrected chi connectivity index (χ4v) is 3.99. The molecule has 0 aromatic carbocycles. The second kappa shape index (κ2) is 1.92. The standard InChI is InChI=1S/C12H16O/c1-6(2)7-4-9-10-5-8(7)11(13)12(9,10)3/h7-10H,1,4-5H2,2-3H3/t7-,8-,9-,10?,12-/m0/s1. The summed E-state index contributed by atoms with van der Waals surface area (Å²) in [7, 11) is 0. The van der Waals surface area contributed by atoms with E-state index < -0.39 is 0 Å². The number of rotatable bonds is 1. The zero-order chi connectivity index (χ0) is 9.38. The Morgan fingerprint density at radius 2 is 2.08 bits per heavy atom. The Kier molecular flexibility index (Phi) is 1.15. The van der Waals surface area contributed by atoms with Crippen molar-refractivity contribution in [2.24, 2.45) is 29.1 Å². The Labute approximate surface area is 79.2 Å². The lowest BCUT2D eigenvalue weighted by molar-refractivity contribution is -0.129. The van der Waals surface area contributed by atoms with Crippen molar-refractivity contribution >= 4 is 5.78 Å². The molecule has 4 aliphatic carbocycles. The second-order valence-corrected chi connectivity index (χ2v) is 5.39. The third kappa shape index (κ3) is 0.651. The minimum Gasteiger partial charge on any atom is -0.299 e. The van der Waals surface area contributed by atoms with Gasteiger partial charge in [0.05, 0.1) is 0 Å². The fourth-order valence-electron chi connectivity index (χ4n) is 3.99. The molecule has 4 rings (SSSR count). The molecule has 0 saturated heterocycles. The first-order valence-corrected chi connectivity index (χ1v) is 5.26. The highest BCUT2D eigenvalue weighted by molar-refractivity contribution is 5.94. The summed E-state index contributed by atoms with van der Waals surface area (Å²) in [5, 5.41) is 0. The fraction of sp³-hybridized carbons (Fsp3) is 0.750. The Balaban J connectivity index is 1.97. The van der Waals surface area contributed by atoms with Crippen LogP contribution in [-0.2, 0) is 4.79 Å². The van der Waals surface area contributed by atoms with Crippen molar-refractivity contribution in [3.8, 4) is 0 Å². The quantitative estimate of drug-likeness (QED) is 0.561. The number of hydrogen-bond donors (Lipinski definition) is 0. The molecule has 0 aromatic heterocycles. The maximum Gasteiger partial charge on any atom is 0.143 e. The van der Waals surface area contributed by atoms with Crippen molar-refractivity contribution < 1.29 is 4.79 Å². The van der Waals surface area contributed by atoms with E-state index in [0.29, 0.717) is 23.5 Å². The Bertz CT molecular complexity index is 317. The molecule has 4 bridgehead atoms. The minimum absolute atomic E-state index is 0.122. The molecule has 0 N–H and O–H groups in total. The monoisotopic (exact) mass is 176 g/mol. The lowest BCUT2D eigenvalue weighted by Crippen LogP contribution is -2.33. The Morgan fingerprint density at radius 3 is 2.46 bits per heavy atom. The maximum absolute atomic E-state index is 12.0. The minimum atomic E-state index is 0.122. The lowest BCUT2D eigenvalue weighted by Gasteiger charge is -2.32. The van der Waals surface area contributed by atoms with Crippen LogP contribution in [0.3, 0.4) is 0 Å². The third-order valence-electron chi connectivity index (χ3n) is 4.92. The summed E-state index contributed by atoms with van der Waals surface area (Å²) >= 11 is 0. The van der Waals surface area contributed by atoms with E-state index in [1.165, 1.54) is 12.0 Å². The lowest BCUT2D eigenvalue weighted by atomic mass is 9.70. The average Bonchev–Trinajstić information content (AvgIpc) is 2.62. The molecule has 0 aromatic rings. The number of Topliss-reactive ketones (excluding diaryl/α,β-unsaturated/α-hetero) is 1. The summed E-state index contributed by atoms with van der Waals surface area (Å²) in [6, 6.07) is 0. The highest BCUT2D eigenvalue weighted by Gasteiger charge is 2.75. The van der Waals surface area contributed by atoms with E-state index in [4.69, 9.17) is 0 Å². The van der Waals surface area contributed by atoms with E-state index in [-0.39, 0.29) is 5.41 Å². The molecular weight excluding hydrogens is 160 g/mol. The van der Waals surface area contributed by atoms with Gasteiger partial charge >= 0.3 is 0 Å². The van der Waals surface area contributed by atoms with Crippen molar-refractivity contribution in [2.45, 2.75) is 26.7 Å². The van der Waals surface area contributed by atoms with Crippen LogP contribution in [-0.4, -0.2) is 5.78 Å². The summed E-state index contributed by atoms with van der Waals surface area (Å²) in [5.74, 6) is 2.89. The molecule has 13 heavy (non-hydrogen) atoms. The first-order valence-electron chi connectivity index (χ1n) is 5.26. The van der Waals surface area contributed by atoms with E-state index in [2.05, 4.69) is 20.4 Å². The van der Waals surface area contributed by atoms with Gasteiger partial charge in [-0.25, -0.2) is 0 Å². The van der Waals surface area contributed by atoms with Crippen molar-refractivity contribution in [3.63, 3.8) is 0 Å². The van der Waals surface area contributed by atoms with Crippen LogP contribution in [0.5, 0.6) is 0 Å². The summed E-state index contributed by atoms with van der Waals surface area (Å²) < 4.78 is 0. The van der Waals surface area contributed by atoms with Crippen molar-refractivity contribution in [3.05, 3.63) is 12.2 Å². The number of carbonyl (C=O) groups is 1. The molecule has 5 atom stereocenters. The zero-order valence-corrected chi connectivity index (χ0v) is 8.34. The average molecular weight is 176 g/mol. The van der Waals surface area contributed by atoms with E-state index >= 15 is 0 Å². The van der Waals surface area contributed by atoms with Crippen molar-refractivity contribution in [1.29, 1.82) is 0 Å². The zero-order valence-electron chi connectivity index (χ0n) is 8.34. The van der Waals surface area contributed by atoms with E-state index in [0.717, 1.165) is 12.3 Å². The Hall–Kier alpha value is -0.590. The molecule has 70 valence electrons. The van der Waals surface area contributed by atoms with Gasteiger partial charge < -0.3 is 0 Å². The molecule has 1 unspecified atom stereocenters. The van der Waals surface area contributed by atoms with Gasteiger partial charge in [0.1, 0.15) is 5.78 Å². The van der Waals surface area contributed by atoms with Crippen LogP contribution in [0.1, 0.15) is 26.7 Å². The van der Waals surface area contributed by atoms with Crippen LogP contribution in [0.2, 0.25) is 0 Å². The topological polar surface area (TPSA) is 17.1 Å². The normalized spacial score (nSPS) is 56.6. The molecule has 1 nitrogen and oxygen atoms in total. The van der Waals surface area contributed by atoms with Gasteiger partial charge in [-0.3, -0.25) is 4.79 Å². The van der Waals surface area contributed by atoms with Crippen LogP contribution in [0.4, 0.5) is 0 Å². The van der Waals surface area contributed by atoms with Crippen LogP contribution < -0.4 is 0 Å². The Morgan fingerprint density at radius 1 is 1.46 bits per heavy atom. The highest BCUT2D eigenvalue weighted by atomic mass is 16.1. The van der Waals surface area contributed by atoms with Gasteiger partial charge in [0.2, 0.25) is 0 Å². The molecule has 4 fully saturated rings. The van der Waals surface area contributed by atoms with E-state index in [1.807, 2.05) is 0 Å². The predicted octanol–water partition coefficient (Wildman–Crippen LogP) is 2.42. The molecule has 0 heterocycles. The molecule has 1 heteroatoms. The molecule has 0 spiro atoms. The van der Waals surface area contributed by atoms with E-state index in [9.17, 15) is 4.79 Å². The number of fused-ring (bicyclic) bond motifs is 1. The van der Waals surface area contributed by atoms with Crippen LogP contribution >= 0.6 is 0 Å². The molecule has 0 radical (unpaired) electrons. The first kappa shape index (κ1) is 7.78. The van der Waals surface area contributed by atoms with Gasteiger partial charge in [-0.05, 0) is 37.5 Å². The molecule has 4 saturated carbocycles. The van der Waals surface area contributed by atoms with Crippen LogP contribution in [0, 0.1) is 29.1 Å². The summed E-state index contributed by atoms with van der Waals surface area (Å²) in [6.07, 6.45) is 2.41. The molecule has 0 aliphatic heterocycles. The summed E-state index contributed by atoms with van der Waals surface area (Å²) in [6.45, 7) is 8.27. The van der Waals surface area contributed by atoms with E-state index in [1.54, 1.807) is 0 Å². The first-order chi connectivity index (χ1) is 6.06. The second-order valence-electron chi connectivity index (χ2n) is 5.39. The summed E-state index contributed by atoms with van der Waals surface area (Å²) in [4.78, 5) is 12.0. The summed E-state index contributed by atoms with van der Waals surface area (Å²) in [5.41, 5.74) is 1.35. The highest BCUT2D eigenvalue weighted by Crippen LogP contribution is 2.75. The van der Waals surface area contributed by atoms with Gasteiger partial charge in [-0.1, -0.05) is 19.1 Å². The van der Waals surface area contributed by atoms with Gasteiger partial charge in [-0.15, -0.1) is 0 Å². The molecule has 0 amide bonds. The molecule has 4 aliphatic rings. The smallest absolute Gasteiger partial charge is 0.143 e. The third-order valence-corrected chi connectivity index (χ3v) is 4.92. The van der Waals surface area contributed by atoms with Gasteiger partial charge in [0.15, 0.2) is 0 Å². The predicted molar refractivity (Wildman–Crippen MR) is 51.1 cm³/mol. The number of ketones is 1. The number of allylic oxidation sites excluding steroid dienone is 1. The maximum atomic E-state index is 12.0. The number of hydrogen-bond acceptors (Lipinski definition) is 1. The number of carbonyl (C=O) groups excluding carboxylic acids is 1. The van der Waals surface area contributed by atoms with Gasteiger partial charge in [0, 0.05) is 11.3 Å².